The second-order valence-electron chi connectivity index (χ2n) is 6.62. The van der Waals surface area contributed by atoms with E-state index < -0.39 is 9.84 Å². The summed E-state index contributed by atoms with van der Waals surface area (Å²) in [6.45, 7) is 5.40. The molecule has 0 spiro atoms. The van der Waals surface area contributed by atoms with E-state index in [0.717, 1.165) is 32.1 Å². The summed E-state index contributed by atoms with van der Waals surface area (Å²) < 4.78 is 23.3. The first kappa shape index (κ1) is 12.9. The number of rotatable bonds is 4. The fourth-order valence-electron chi connectivity index (χ4n) is 3.35. The third-order valence-corrected chi connectivity index (χ3v) is 6.69. The third-order valence-electron chi connectivity index (χ3n) is 4.80. The van der Waals surface area contributed by atoms with Gasteiger partial charge in [-0.25, -0.2) is 8.42 Å². The standard InChI is InChI=1S/C13H24N2O2S/c1-13(5-7-18(16,17)10-13)15-6-4-11(9-15)8-14-12-2-3-12/h11-12,14H,2-10H2,1H3. The molecule has 2 heterocycles. The van der Waals surface area contributed by atoms with Gasteiger partial charge in [-0.2, -0.15) is 0 Å². The molecule has 0 aromatic heterocycles. The number of likely N-dealkylation sites (tertiary alicyclic amines) is 1. The number of sulfone groups is 1. The lowest BCUT2D eigenvalue weighted by Gasteiger charge is -2.34. The monoisotopic (exact) mass is 272 g/mol. The lowest BCUT2D eigenvalue weighted by atomic mass is 10.00. The van der Waals surface area contributed by atoms with Crippen molar-refractivity contribution in [3.8, 4) is 0 Å². The van der Waals surface area contributed by atoms with Crippen LogP contribution in [0.5, 0.6) is 0 Å². The fraction of sp³-hybridized carbons (Fsp3) is 1.00. The van der Waals surface area contributed by atoms with E-state index in [-0.39, 0.29) is 5.54 Å². The first-order chi connectivity index (χ1) is 8.47. The quantitative estimate of drug-likeness (QED) is 0.816. The van der Waals surface area contributed by atoms with Crippen molar-refractivity contribution in [2.45, 2.75) is 44.2 Å². The minimum Gasteiger partial charge on any atom is -0.314 e. The Morgan fingerprint density at radius 3 is 2.72 bits per heavy atom. The average molecular weight is 272 g/mol. The van der Waals surface area contributed by atoms with E-state index in [0.29, 0.717) is 17.4 Å². The minimum absolute atomic E-state index is 0.0901. The molecular formula is C13H24N2O2S. The summed E-state index contributed by atoms with van der Waals surface area (Å²) in [5.41, 5.74) is -0.0901. The maximum atomic E-state index is 11.7. The molecule has 0 bridgehead atoms. The van der Waals surface area contributed by atoms with Crippen LogP contribution in [0, 0.1) is 5.92 Å². The van der Waals surface area contributed by atoms with E-state index in [9.17, 15) is 8.42 Å². The zero-order valence-electron chi connectivity index (χ0n) is 11.2. The van der Waals surface area contributed by atoms with Crippen LogP contribution in [0.15, 0.2) is 0 Å². The second kappa shape index (κ2) is 4.46. The Bertz CT molecular complexity index is 419. The highest BCUT2D eigenvalue weighted by Gasteiger charge is 2.44. The molecule has 1 N–H and O–H groups in total. The van der Waals surface area contributed by atoms with Crippen molar-refractivity contribution in [3.05, 3.63) is 0 Å². The van der Waals surface area contributed by atoms with Crippen LogP contribution in [-0.2, 0) is 9.84 Å². The van der Waals surface area contributed by atoms with Gasteiger partial charge in [-0.05, 0) is 51.6 Å². The van der Waals surface area contributed by atoms with Crippen LogP contribution in [0.2, 0.25) is 0 Å². The molecule has 1 saturated carbocycles. The predicted octanol–water partition coefficient (Wildman–Crippen LogP) is 0.638. The van der Waals surface area contributed by atoms with Crippen LogP contribution in [0.4, 0.5) is 0 Å². The topological polar surface area (TPSA) is 49.4 Å². The van der Waals surface area contributed by atoms with Gasteiger partial charge in [0.1, 0.15) is 0 Å². The summed E-state index contributed by atoms with van der Waals surface area (Å²) in [4.78, 5) is 2.43. The fourth-order valence-corrected chi connectivity index (χ4v) is 5.52. The Labute approximate surface area is 110 Å². The molecular weight excluding hydrogens is 248 g/mol. The molecule has 2 atom stereocenters. The van der Waals surface area contributed by atoms with Crippen molar-refractivity contribution < 1.29 is 8.42 Å². The molecule has 5 heteroatoms. The maximum Gasteiger partial charge on any atom is 0.152 e. The number of hydrogen-bond acceptors (Lipinski definition) is 4. The van der Waals surface area contributed by atoms with Gasteiger partial charge in [-0.1, -0.05) is 0 Å². The van der Waals surface area contributed by atoms with E-state index in [1.54, 1.807) is 0 Å². The number of hydrogen-bond donors (Lipinski definition) is 1. The molecule has 0 aromatic rings. The average Bonchev–Trinajstić information content (AvgIpc) is 2.91. The largest absolute Gasteiger partial charge is 0.314 e. The van der Waals surface area contributed by atoms with Crippen LogP contribution in [-0.4, -0.2) is 56.0 Å². The van der Waals surface area contributed by atoms with E-state index in [4.69, 9.17) is 0 Å². The number of nitrogens with zero attached hydrogens (tertiary/aromatic N) is 1. The summed E-state index contributed by atoms with van der Waals surface area (Å²) in [7, 11) is -2.78. The molecule has 104 valence electrons. The lowest BCUT2D eigenvalue weighted by Crippen LogP contribution is -2.46. The summed E-state index contributed by atoms with van der Waals surface area (Å²) in [6.07, 6.45) is 4.71. The number of nitrogens with one attached hydrogen (secondary N) is 1. The lowest BCUT2D eigenvalue weighted by molar-refractivity contribution is 0.155. The summed E-state index contributed by atoms with van der Waals surface area (Å²) in [5, 5.41) is 3.59. The smallest absolute Gasteiger partial charge is 0.152 e. The summed E-state index contributed by atoms with van der Waals surface area (Å²) in [5.74, 6) is 1.46. The van der Waals surface area contributed by atoms with Crippen LogP contribution < -0.4 is 5.32 Å². The molecule has 2 unspecified atom stereocenters. The SMILES string of the molecule is CC1(N2CCC(CNC3CC3)C2)CCS(=O)(=O)C1. The van der Waals surface area contributed by atoms with Gasteiger partial charge in [0.25, 0.3) is 0 Å². The van der Waals surface area contributed by atoms with E-state index in [2.05, 4.69) is 17.1 Å². The third kappa shape index (κ3) is 2.73. The summed E-state index contributed by atoms with van der Waals surface area (Å²) in [6, 6.07) is 0.779. The van der Waals surface area contributed by atoms with Crippen molar-refractivity contribution >= 4 is 9.84 Å². The van der Waals surface area contributed by atoms with E-state index in [1.165, 1.54) is 19.3 Å². The van der Waals surface area contributed by atoms with Gasteiger partial charge in [-0.3, -0.25) is 4.90 Å². The molecule has 0 amide bonds. The van der Waals surface area contributed by atoms with Crippen molar-refractivity contribution in [2.24, 2.45) is 5.92 Å². The van der Waals surface area contributed by atoms with Crippen LogP contribution in [0.25, 0.3) is 0 Å². The molecule has 2 saturated heterocycles. The Morgan fingerprint density at radius 2 is 2.11 bits per heavy atom. The van der Waals surface area contributed by atoms with Crippen molar-refractivity contribution in [2.75, 3.05) is 31.1 Å². The minimum atomic E-state index is -2.78. The molecule has 3 fully saturated rings. The van der Waals surface area contributed by atoms with Crippen LogP contribution in [0.1, 0.15) is 32.6 Å². The normalized spacial score (nSPS) is 40.4. The van der Waals surface area contributed by atoms with Gasteiger partial charge in [0, 0.05) is 18.1 Å². The molecule has 0 radical (unpaired) electrons. The highest BCUT2D eigenvalue weighted by molar-refractivity contribution is 7.91. The van der Waals surface area contributed by atoms with E-state index >= 15 is 0 Å². The van der Waals surface area contributed by atoms with Crippen LogP contribution in [0.3, 0.4) is 0 Å². The van der Waals surface area contributed by atoms with Gasteiger partial charge < -0.3 is 5.32 Å². The molecule has 2 aliphatic heterocycles. The Morgan fingerprint density at radius 1 is 1.33 bits per heavy atom. The van der Waals surface area contributed by atoms with Gasteiger partial charge in [0.15, 0.2) is 9.84 Å². The van der Waals surface area contributed by atoms with Gasteiger partial charge in [0.2, 0.25) is 0 Å². The first-order valence-electron chi connectivity index (χ1n) is 7.16. The Balaban J connectivity index is 1.54. The zero-order chi connectivity index (χ0) is 12.8. The van der Waals surface area contributed by atoms with Gasteiger partial charge in [0.05, 0.1) is 11.5 Å². The molecule has 4 nitrogen and oxygen atoms in total. The van der Waals surface area contributed by atoms with Crippen LogP contribution >= 0.6 is 0 Å². The molecule has 3 rings (SSSR count). The van der Waals surface area contributed by atoms with Crippen molar-refractivity contribution in [1.29, 1.82) is 0 Å². The Kier molecular flexibility index (Phi) is 3.19. The van der Waals surface area contributed by atoms with Crippen molar-refractivity contribution in [3.63, 3.8) is 0 Å². The summed E-state index contributed by atoms with van der Waals surface area (Å²) >= 11 is 0. The highest BCUT2D eigenvalue weighted by Crippen LogP contribution is 2.33. The van der Waals surface area contributed by atoms with E-state index in [1.807, 2.05) is 0 Å². The highest BCUT2D eigenvalue weighted by atomic mass is 32.2. The van der Waals surface area contributed by atoms with Gasteiger partial charge in [-0.15, -0.1) is 0 Å². The van der Waals surface area contributed by atoms with Gasteiger partial charge >= 0.3 is 0 Å². The second-order valence-corrected chi connectivity index (χ2v) is 8.81. The van der Waals surface area contributed by atoms with Crippen molar-refractivity contribution in [1.82, 2.24) is 10.2 Å². The zero-order valence-corrected chi connectivity index (χ0v) is 12.0. The molecule has 0 aromatic carbocycles. The predicted molar refractivity (Wildman–Crippen MR) is 72.4 cm³/mol. The molecule has 1 aliphatic carbocycles. The molecule has 3 aliphatic rings. The maximum absolute atomic E-state index is 11.7. The Hall–Kier alpha value is -0.130. The first-order valence-corrected chi connectivity index (χ1v) is 8.98. The molecule has 18 heavy (non-hydrogen) atoms.